The molecule has 0 radical (unpaired) electrons. The largest absolute Gasteiger partial charge is 0.444 e. The Morgan fingerprint density at radius 1 is 1.19 bits per heavy atom. The predicted octanol–water partition coefficient (Wildman–Crippen LogP) is 3.30. The Bertz CT molecular complexity index is 1500. The summed E-state index contributed by atoms with van der Waals surface area (Å²) in [6, 6.07) is 2.85. The lowest BCUT2D eigenvalue weighted by Crippen LogP contribution is -2.45. The molecule has 0 aliphatic rings. The van der Waals surface area contributed by atoms with Crippen molar-refractivity contribution < 1.29 is 14.3 Å². The van der Waals surface area contributed by atoms with Crippen LogP contribution in [0, 0.1) is 13.8 Å². The highest BCUT2D eigenvalue weighted by atomic mass is 16.6. The van der Waals surface area contributed by atoms with Gasteiger partial charge in [-0.05, 0) is 53.7 Å². The van der Waals surface area contributed by atoms with Crippen LogP contribution in [0.1, 0.15) is 39.2 Å². The number of aromatic amines is 1. The molecular formula is C24H31N9O3. The van der Waals surface area contributed by atoms with Crippen LogP contribution < -0.4 is 11.1 Å². The van der Waals surface area contributed by atoms with E-state index in [0.29, 0.717) is 28.2 Å². The zero-order valence-electron chi connectivity index (χ0n) is 21.7. The SMILES string of the molecule is Cc1nc(-c2cc(N)c3[nH]c(NC(=O)C(C)N(C)C(=O)OC(C)(C)C)nc3c2)c2c(n1)c(C)nn2C. The van der Waals surface area contributed by atoms with Crippen molar-refractivity contribution in [2.24, 2.45) is 7.05 Å². The van der Waals surface area contributed by atoms with Crippen LogP contribution in [0.2, 0.25) is 0 Å². The number of hydrogen-bond donors (Lipinski definition) is 3. The standard InChI is InChI=1S/C24H31N9O3/c1-11-17-20(33(8)31-11)18(27-13(3)26-17)14-9-15(25)19-16(10-14)28-22(29-19)30-21(34)12(2)32(7)23(35)36-24(4,5)6/h9-10,12H,25H2,1-8H3,(H2,28,29,30,34). The number of rotatable bonds is 4. The molecule has 0 saturated heterocycles. The van der Waals surface area contributed by atoms with Crippen molar-refractivity contribution in [3.8, 4) is 11.3 Å². The fourth-order valence-electron chi connectivity index (χ4n) is 3.87. The molecule has 4 N–H and O–H groups in total. The third kappa shape index (κ3) is 4.66. The maximum atomic E-state index is 12.8. The number of nitrogens with one attached hydrogen (secondary N) is 2. The summed E-state index contributed by atoms with van der Waals surface area (Å²) in [6.07, 6.45) is -0.597. The molecular weight excluding hydrogens is 462 g/mol. The Morgan fingerprint density at radius 2 is 1.89 bits per heavy atom. The van der Waals surface area contributed by atoms with E-state index in [-0.39, 0.29) is 5.95 Å². The zero-order valence-corrected chi connectivity index (χ0v) is 21.7. The van der Waals surface area contributed by atoms with E-state index in [2.05, 4.69) is 30.4 Å². The lowest BCUT2D eigenvalue weighted by Gasteiger charge is -2.27. The fraction of sp³-hybridized carbons (Fsp3) is 0.417. The second-order valence-corrected chi connectivity index (χ2v) is 9.83. The summed E-state index contributed by atoms with van der Waals surface area (Å²) in [4.78, 5) is 43.1. The molecule has 0 fully saturated rings. The quantitative estimate of drug-likeness (QED) is 0.365. The summed E-state index contributed by atoms with van der Waals surface area (Å²) >= 11 is 0. The van der Waals surface area contributed by atoms with Crippen LogP contribution >= 0.6 is 0 Å². The Kier molecular flexibility index (Phi) is 6.07. The second kappa shape index (κ2) is 8.77. The number of imidazole rings is 1. The maximum Gasteiger partial charge on any atom is 0.410 e. The van der Waals surface area contributed by atoms with Gasteiger partial charge in [-0.1, -0.05) is 0 Å². The molecule has 0 bridgehead atoms. The fourth-order valence-corrected chi connectivity index (χ4v) is 3.87. The predicted molar refractivity (Wildman–Crippen MR) is 137 cm³/mol. The number of nitrogens with zero attached hydrogens (tertiary/aromatic N) is 6. The number of hydrogen-bond acceptors (Lipinski definition) is 8. The van der Waals surface area contributed by atoms with Gasteiger partial charge >= 0.3 is 6.09 Å². The molecule has 36 heavy (non-hydrogen) atoms. The third-order valence-electron chi connectivity index (χ3n) is 5.74. The molecule has 0 aliphatic heterocycles. The molecule has 2 amide bonds. The minimum atomic E-state index is -0.800. The average Bonchev–Trinajstić information content (AvgIpc) is 3.30. The first-order chi connectivity index (χ1) is 16.7. The molecule has 0 spiro atoms. The van der Waals surface area contributed by atoms with Crippen molar-refractivity contribution in [2.75, 3.05) is 18.1 Å². The number of benzene rings is 1. The van der Waals surface area contributed by atoms with Crippen molar-refractivity contribution in [1.29, 1.82) is 0 Å². The molecule has 1 unspecified atom stereocenters. The third-order valence-corrected chi connectivity index (χ3v) is 5.74. The van der Waals surface area contributed by atoms with Gasteiger partial charge in [0.2, 0.25) is 11.9 Å². The highest BCUT2D eigenvalue weighted by Gasteiger charge is 2.27. The first-order valence-corrected chi connectivity index (χ1v) is 11.5. The van der Waals surface area contributed by atoms with E-state index in [4.69, 9.17) is 10.5 Å². The van der Waals surface area contributed by atoms with E-state index in [1.807, 2.05) is 27.0 Å². The minimum absolute atomic E-state index is 0.212. The Morgan fingerprint density at radius 3 is 2.56 bits per heavy atom. The molecule has 12 heteroatoms. The number of nitrogen functional groups attached to an aromatic ring is 1. The van der Waals surface area contributed by atoms with E-state index >= 15 is 0 Å². The number of anilines is 2. The molecule has 1 atom stereocenters. The van der Waals surface area contributed by atoms with Crippen LogP contribution in [0.5, 0.6) is 0 Å². The van der Waals surface area contributed by atoms with Crippen LogP contribution in [0.3, 0.4) is 0 Å². The summed E-state index contributed by atoms with van der Waals surface area (Å²) in [5, 5.41) is 7.20. The van der Waals surface area contributed by atoms with Gasteiger partial charge in [0, 0.05) is 19.7 Å². The van der Waals surface area contributed by atoms with Crippen molar-refractivity contribution in [2.45, 2.75) is 53.2 Å². The van der Waals surface area contributed by atoms with Crippen LogP contribution in [0.25, 0.3) is 33.3 Å². The van der Waals surface area contributed by atoms with Gasteiger partial charge in [0.15, 0.2) is 0 Å². The van der Waals surface area contributed by atoms with Gasteiger partial charge < -0.3 is 15.5 Å². The van der Waals surface area contributed by atoms with Crippen molar-refractivity contribution in [3.05, 3.63) is 23.7 Å². The monoisotopic (exact) mass is 493 g/mol. The number of amides is 2. The van der Waals surface area contributed by atoms with Gasteiger partial charge in [0.25, 0.3) is 0 Å². The normalized spacial score (nSPS) is 12.7. The second-order valence-electron chi connectivity index (χ2n) is 9.83. The van der Waals surface area contributed by atoms with Crippen molar-refractivity contribution in [3.63, 3.8) is 0 Å². The Balaban J connectivity index is 1.64. The number of carbonyl (C=O) groups is 2. The summed E-state index contributed by atoms with van der Waals surface area (Å²) in [7, 11) is 3.35. The number of ether oxygens (including phenoxy) is 1. The molecule has 190 valence electrons. The van der Waals surface area contributed by atoms with Crippen LogP contribution in [-0.2, 0) is 16.6 Å². The van der Waals surface area contributed by atoms with Crippen LogP contribution in [-0.4, -0.2) is 65.3 Å². The Labute approximate surface area is 208 Å². The van der Waals surface area contributed by atoms with Gasteiger partial charge in [-0.25, -0.2) is 19.7 Å². The van der Waals surface area contributed by atoms with Gasteiger partial charge in [-0.2, -0.15) is 5.10 Å². The van der Waals surface area contributed by atoms with E-state index in [1.165, 1.54) is 11.9 Å². The first kappa shape index (κ1) is 24.9. The molecule has 1 aromatic carbocycles. The lowest BCUT2D eigenvalue weighted by atomic mass is 10.1. The summed E-state index contributed by atoms with van der Waals surface area (Å²) < 4.78 is 7.09. The van der Waals surface area contributed by atoms with E-state index in [0.717, 1.165) is 22.3 Å². The highest BCUT2D eigenvalue weighted by molar-refractivity contribution is 6.00. The Hall–Kier alpha value is -4.22. The van der Waals surface area contributed by atoms with Crippen LogP contribution in [0.15, 0.2) is 12.1 Å². The number of fused-ring (bicyclic) bond motifs is 2. The van der Waals surface area contributed by atoms with Crippen molar-refractivity contribution >= 4 is 45.7 Å². The molecule has 0 saturated carbocycles. The highest BCUT2D eigenvalue weighted by Crippen LogP contribution is 2.32. The zero-order chi connectivity index (χ0) is 26.5. The number of carbonyl (C=O) groups excluding carboxylic acids is 2. The first-order valence-electron chi connectivity index (χ1n) is 11.5. The maximum absolute atomic E-state index is 12.8. The number of H-pyrrole nitrogens is 1. The van der Waals surface area contributed by atoms with E-state index < -0.39 is 23.6 Å². The number of aromatic nitrogens is 6. The molecule has 4 aromatic rings. The minimum Gasteiger partial charge on any atom is -0.444 e. The molecule has 3 heterocycles. The topological polar surface area (TPSA) is 157 Å². The smallest absolute Gasteiger partial charge is 0.410 e. The number of likely N-dealkylation sites (N-methyl/N-ethyl adjacent to an activating group) is 1. The average molecular weight is 494 g/mol. The van der Waals surface area contributed by atoms with E-state index in [1.54, 1.807) is 38.4 Å². The van der Waals surface area contributed by atoms with Crippen molar-refractivity contribution in [1.82, 2.24) is 34.6 Å². The number of nitrogens with two attached hydrogens (primary N) is 1. The summed E-state index contributed by atoms with van der Waals surface area (Å²) in [6.45, 7) is 10.6. The number of aryl methyl sites for hydroxylation is 3. The van der Waals surface area contributed by atoms with Gasteiger partial charge in [-0.15, -0.1) is 0 Å². The van der Waals surface area contributed by atoms with Gasteiger partial charge in [0.1, 0.15) is 34.2 Å². The van der Waals surface area contributed by atoms with Gasteiger partial charge in [-0.3, -0.25) is 19.7 Å². The van der Waals surface area contributed by atoms with Crippen LogP contribution in [0.4, 0.5) is 16.4 Å². The lowest BCUT2D eigenvalue weighted by molar-refractivity contribution is -0.120. The summed E-state index contributed by atoms with van der Waals surface area (Å²) in [5.74, 6) is 0.397. The molecule has 0 aliphatic carbocycles. The van der Waals surface area contributed by atoms with Gasteiger partial charge in [0.05, 0.1) is 22.4 Å². The molecule has 12 nitrogen and oxygen atoms in total. The summed E-state index contributed by atoms with van der Waals surface area (Å²) in [5.41, 5.74) is 11.1. The van der Waals surface area contributed by atoms with E-state index in [9.17, 15) is 9.59 Å². The molecule has 4 rings (SSSR count). The molecule has 3 aromatic heterocycles.